The van der Waals surface area contributed by atoms with Gasteiger partial charge in [-0.2, -0.15) is 0 Å². The third-order valence-electron chi connectivity index (χ3n) is 2.54. The van der Waals surface area contributed by atoms with E-state index in [9.17, 15) is 4.79 Å². The number of hydrogen-bond donors (Lipinski definition) is 2. The maximum absolute atomic E-state index is 12.2. The van der Waals surface area contributed by atoms with Gasteiger partial charge in [0, 0.05) is 13.7 Å². The number of amides is 1. The van der Waals surface area contributed by atoms with Gasteiger partial charge in [-0.1, -0.05) is 12.1 Å². The zero-order valence-electron chi connectivity index (χ0n) is 9.86. The summed E-state index contributed by atoms with van der Waals surface area (Å²) < 4.78 is 1.75. The standard InChI is InChI=1S/C14H11BrINO2/c15-13-5-4-10(16)7-12(13)14(19)17-11-3-1-2-9(6-11)8-18/h1-7,18H,8H2,(H,17,19). The number of benzene rings is 2. The summed E-state index contributed by atoms with van der Waals surface area (Å²) in [6, 6.07) is 12.7. The molecule has 0 aromatic heterocycles. The monoisotopic (exact) mass is 431 g/mol. The van der Waals surface area contributed by atoms with Crippen molar-refractivity contribution >= 4 is 50.1 Å². The lowest BCUT2D eigenvalue weighted by molar-refractivity contribution is 0.102. The summed E-state index contributed by atoms with van der Waals surface area (Å²) in [7, 11) is 0. The van der Waals surface area contributed by atoms with Gasteiger partial charge in [0.15, 0.2) is 0 Å². The molecule has 0 bridgehead atoms. The maximum Gasteiger partial charge on any atom is 0.256 e. The second kappa shape index (κ2) is 6.49. The first-order valence-corrected chi connectivity index (χ1v) is 7.43. The molecule has 0 aliphatic rings. The molecule has 3 nitrogen and oxygen atoms in total. The van der Waals surface area contributed by atoms with Crippen LogP contribution in [-0.2, 0) is 6.61 Å². The topological polar surface area (TPSA) is 49.3 Å². The van der Waals surface area contributed by atoms with Crippen LogP contribution in [0, 0.1) is 3.57 Å². The number of nitrogens with one attached hydrogen (secondary N) is 1. The molecule has 0 spiro atoms. The molecule has 2 N–H and O–H groups in total. The second-order valence-electron chi connectivity index (χ2n) is 3.94. The smallest absolute Gasteiger partial charge is 0.256 e. The summed E-state index contributed by atoms with van der Waals surface area (Å²) in [6.07, 6.45) is 0. The molecule has 1 amide bonds. The van der Waals surface area contributed by atoms with E-state index < -0.39 is 0 Å². The Labute approximate surface area is 133 Å². The molecule has 0 heterocycles. The third kappa shape index (κ3) is 3.77. The maximum atomic E-state index is 12.2. The highest BCUT2D eigenvalue weighted by Crippen LogP contribution is 2.21. The van der Waals surface area contributed by atoms with Crippen LogP contribution in [0.1, 0.15) is 15.9 Å². The minimum atomic E-state index is -0.180. The zero-order chi connectivity index (χ0) is 13.8. The molecule has 0 radical (unpaired) electrons. The van der Waals surface area contributed by atoms with E-state index in [1.807, 2.05) is 18.2 Å². The van der Waals surface area contributed by atoms with Gasteiger partial charge >= 0.3 is 0 Å². The molecule has 0 fully saturated rings. The van der Waals surface area contributed by atoms with E-state index in [1.165, 1.54) is 0 Å². The molecular weight excluding hydrogens is 421 g/mol. The zero-order valence-corrected chi connectivity index (χ0v) is 13.6. The highest BCUT2D eigenvalue weighted by Gasteiger charge is 2.10. The number of aliphatic hydroxyl groups excluding tert-OH is 1. The van der Waals surface area contributed by atoms with Gasteiger partial charge in [-0.15, -0.1) is 0 Å². The van der Waals surface area contributed by atoms with Crippen molar-refractivity contribution in [1.82, 2.24) is 0 Å². The molecule has 98 valence electrons. The SMILES string of the molecule is O=C(Nc1cccc(CO)c1)c1cc(I)ccc1Br. The van der Waals surface area contributed by atoms with Gasteiger partial charge in [-0.3, -0.25) is 4.79 Å². The molecular formula is C14H11BrINO2. The molecule has 0 saturated heterocycles. The molecule has 0 aliphatic heterocycles. The Morgan fingerprint density at radius 3 is 2.79 bits per heavy atom. The van der Waals surface area contributed by atoms with Gasteiger partial charge in [0.1, 0.15) is 0 Å². The van der Waals surface area contributed by atoms with Crippen LogP contribution in [0.25, 0.3) is 0 Å². The minimum Gasteiger partial charge on any atom is -0.392 e. The molecule has 5 heteroatoms. The lowest BCUT2D eigenvalue weighted by Gasteiger charge is -2.08. The predicted molar refractivity (Wildman–Crippen MR) is 87.2 cm³/mol. The van der Waals surface area contributed by atoms with Crippen molar-refractivity contribution in [2.45, 2.75) is 6.61 Å². The second-order valence-corrected chi connectivity index (χ2v) is 6.04. The van der Waals surface area contributed by atoms with E-state index in [-0.39, 0.29) is 12.5 Å². The predicted octanol–water partition coefficient (Wildman–Crippen LogP) is 3.80. The van der Waals surface area contributed by atoms with E-state index in [0.29, 0.717) is 11.3 Å². The summed E-state index contributed by atoms with van der Waals surface area (Å²) in [5.74, 6) is -0.180. The number of carbonyl (C=O) groups excluding carboxylic acids is 1. The number of aliphatic hydroxyl groups is 1. The normalized spacial score (nSPS) is 10.3. The Hall–Kier alpha value is -0.920. The summed E-state index contributed by atoms with van der Waals surface area (Å²) in [6.45, 7) is -0.0450. The molecule has 0 unspecified atom stereocenters. The minimum absolute atomic E-state index is 0.0450. The van der Waals surface area contributed by atoms with Crippen molar-refractivity contribution in [2.24, 2.45) is 0 Å². The van der Waals surface area contributed by atoms with Crippen LogP contribution < -0.4 is 5.32 Å². The van der Waals surface area contributed by atoms with Gasteiger partial charge in [0.05, 0.1) is 12.2 Å². The van der Waals surface area contributed by atoms with E-state index in [2.05, 4.69) is 43.8 Å². The van der Waals surface area contributed by atoms with Crippen molar-refractivity contribution in [3.63, 3.8) is 0 Å². The Bertz CT molecular complexity index is 616. The average molecular weight is 432 g/mol. The van der Waals surface area contributed by atoms with Crippen LogP contribution in [0.2, 0.25) is 0 Å². The van der Waals surface area contributed by atoms with Gasteiger partial charge in [-0.25, -0.2) is 0 Å². The fourth-order valence-electron chi connectivity index (χ4n) is 1.62. The number of anilines is 1. The molecule has 0 atom stereocenters. The van der Waals surface area contributed by atoms with Gasteiger partial charge in [-0.05, 0) is 74.4 Å². The number of rotatable bonds is 3. The van der Waals surface area contributed by atoms with Gasteiger partial charge in [0.2, 0.25) is 0 Å². The van der Waals surface area contributed by atoms with Crippen LogP contribution in [0.3, 0.4) is 0 Å². The Kier molecular flexibility index (Phi) is 4.95. The first kappa shape index (κ1) is 14.5. The van der Waals surface area contributed by atoms with E-state index in [4.69, 9.17) is 5.11 Å². The van der Waals surface area contributed by atoms with Crippen LogP contribution in [-0.4, -0.2) is 11.0 Å². The van der Waals surface area contributed by atoms with Crippen molar-refractivity contribution in [3.8, 4) is 0 Å². The van der Waals surface area contributed by atoms with E-state index in [0.717, 1.165) is 13.6 Å². The Morgan fingerprint density at radius 1 is 1.26 bits per heavy atom. The number of carbonyl (C=O) groups is 1. The van der Waals surface area contributed by atoms with E-state index >= 15 is 0 Å². The molecule has 2 aromatic rings. The average Bonchev–Trinajstić information content (AvgIpc) is 2.41. The first-order chi connectivity index (χ1) is 9.10. The molecule has 2 aromatic carbocycles. The van der Waals surface area contributed by atoms with Crippen molar-refractivity contribution in [2.75, 3.05) is 5.32 Å². The Morgan fingerprint density at radius 2 is 2.05 bits per heavy atom. The van der Waals surface area contributed by atoms with Crippen molar-refractivity contribution < 1.29 is 9.90 Å². The third-order valence-corrected chi connectivity index (χ3v) is 3.90. The first-order valence-electron chi connectivity index (χ1n) is 5.56. The van der Waals surface area contributed by atoms with Crippen molar-refractivity contribution in [3.05, 3.63) is 61.6 Å². The lowest BCUT2D eigenvalue weighted by Crippen LogP contribution is -2.13. The summed E-state index contributed by atoms with van der Waals surface area (Å²) in [5, 5.41) is 11.9. The lowest BCUT2D eigenvalue weighted by atomic mass is 10.2. The highest BCUT2D eigenvalue weighted by atomic mass is 127. The number of hydrogen-bond acceptors (Lipinski definition) is 2. The largest absolute Gasteiger partial charge is 0.392 e. The number of halogens is 2. The molecule has 19 heavy (non-hydrogen) atoms. The van der Waals surface area contributed by atoms with Gasteiger partial charge in [0.25, 0.3) is 5.91 Å². The van der Waals surface area contributed by atoms with E-state index in [1.54, 1.807) is 24.3 Å². The van der Waals surface area contributed by atoms with Crippen LogP contribution in [0.15, 0.2) is 46.9 Å². The fraction of sp³-hybridized carbons (Fsp3) is 0.0714. The van der Waals surface area contributed by atoms with Gasteiger partial charge < -0.3 is 10.4 Å². The fourth-order valence-corrected chi connectivity index (χ4v) is 2.54. The molecule has 0 saturated carbocycles. The molecule has 2 rings (SSSR count). The van der Waals surface area contributed by atoms with Crippen molar-refractivity contribution in [1.29, 1.82) is 0 Å². The summed E-state index contributed by atoms with van der Waals surface area (Å²) in [5.41, 5.74) is 2.02. The summed E-state index contributed by atoms with van der Waals surface area (Å²) in [4.78, 5) is 12.2. The quantitative estimate of drug-likeness (QED) is 0.726. The van der Waals surface area contributed by atoms with Crippen LogP contribution in [0.4, 0.5) is 5.69 Å². The molecule has 0 aliphatic carbocycles. The summed E-state index contributed by atoms with van der Waals surface area (Å²) >= 11 is 5.53. The van der Waals surface area contributed by atoms with Crippen LogP contribution in [0.5, 0.6) is 0 Å². The Balaban J connectivity index is 2.23. The highest BCUT2D eigenvalue weighted by molar-refractivity contribution is 14.1. The van der Waals surface area contributed by atoms with Crippen LogP contribution >= 0.6 is 38.5 Å².